The molecule has 1 N–H and O–H groups in total. The molecule has 0 fully saturated rings. The van der Waals surface area contributed by atoms with Gasteiger partial charge in [0.25, 0.3) is 0 Å². The van der Waals surface area contributed by atoms with Crippen molar-refractivity contribution in [1.29, 1.82) is 0 Å². The van der Waals surface area contributed by atoms with Gasteiger partial charge in [0.15, 0.2) is 0 Å². The second kappa shape index (κ2) is 5.45. The van der Waals surface area contributed by atoms with Crippen LogP contribution in [0.25, 0.3) is 21.8 Å². The molecular weight excluding hydrogens is 310 g/mol. The summed E-state index contributed by atoms with van der Waals surface area (Å²) in [6.07, 6.45) is 3.64. The van der Waals surface area contributed by atoms with Gasteiger partial charge >= 0.3 is 0 Å². The van der Waals surface area contributed by atoms with Gasteiger partial charge in [0.05, 0.1) is 11.6 Å². The minimum atomic E-state index is -0.132. The lowest BCUT2D eigenvalue weighted by Crippen LogP contribution is -2.35. The summed E-state index contributed by atoms with van der Waals surface area (Å²) in [5, 5.41) is 2.34. The van der Waals surface area contributed by atoms with Gasteiger partial charge in [-0.3, -0.25) is 9.78 Å². The molecule has 0 radical (unpaired) electrons. The highest BCUT2D eigenvalue weighted by Gasteiger charge is 2.32. The monoisotopic (exact) mass is 327 g/mol. The third kappa shape index (κ3) is 2.07. The molecule has 1 amide bonds. The molecule has 2 aromatic carbocycles. The Kier molecular flexibility index (Phi) is 3.10. The summed E-state index contributed by atoms with van der Waals surface area (Å²) in [5.41, 5.74) is 5.56. The first-order chi connectivity index (χ1) is 12.4. The van der Waals surface area contributed by atoms with Crippen LogP contribution >= 0.6 is 0 Å². The molecule has 0 saturated heterocycles. The van der Waals surface area contributed by atoms with Crippen LogP contribution in [0.2, 0.25) is 0 Å². The van der Waals surface area contributed by atoms with E-state index < -0.39 is 0 Å². The lowest BCUT2D eigenvalue weighted by molar-refractivity contribution is -0.120. The zero-order chi connectivity index (χ0) is 16.8. The van der Waals surface area contributed by atoms with Gasteiger partial charge in [-0.15, -0.1) is 0 Å². The quantitative estimate of drug-likeness (QED) is 0.569. The van der Waals surface area contributed by atoms with Crippen LogP contribution in [-0.2, 0) is 11.2 Å². The molecule has 4 nitrogen and oxygen atoms in total. The number of rotatable bonds is 2. The average Bonchev–Trinajstić information content (AvgIpc) is 3.05. The Morgan fingerprint density at radius 2 is 1.96 bits per heavy atom. The van der Waals surface area contributed by atoms with Crippen LogP contribution in [0.5, 0.6) is 0 Å². The predicted octanol–water partition coefficient (Wildman–Crippen LogP) is 3.82. The number of hydrogen-bond acceptors (Lipinski definition) is 2. The Labute approximate surface area is 145 Å². The number of benzene rings is 2. The average molecular weight is 327 g/mol. The van der Waals surface area contributed by atoms with E-state index in [-0.39, 0.29) is 6.04 Å². The number of aromatic amines is 1. The van der Waals surface area contributed by atoms with E-state index in [9.17, 15) is 4.79 Å². The molecule has 0 bridgehead atoms. The summed E-state index contributed by atoms with van der Waals surface area (Å²) >= 11 is 0. The number of carbonyl (C=O) groups excluding carboxylic acids is 1. The Hall–Kier alpha value is -3.14. The lowest BCUT2D eigenvalue weighted by Gasteiger charge is -2.33. The normalized spacial score (nSPS) is 17.0. The molecule has 122 valence electrons. The first-order valence-corrected chi connectivity index (χ1v) is 8.51. The Balaban J connectivity index is 1.80. The van der Waals surface area contributed by atoms with Gasteiger partial charge < -0.3 is 9.88 Å². The molecule has 4 aromatic rings. The topological polar surface area (TPSA) is 49.0 Å². The summed E-state index contributed by atoms with van der Waals surface area (Å²) in [5.74, 6) is 0. The number of fused-ring (bicyclic) bond motifs is 4. The van der Waals surface area contributed by atoms with Crippen molar-refractivity contribution in [1.82, 2.24) is 14.9 Å². The smallest absolute Gasteiger partial charge is 0.210 e. The molecule has 0 aliphatic carbocycles. The number of amides is 1. The Morgan fingerprint density at radius 1 is 1.08 bits per heavy atom. The molecule has 5 rings (SSSR count). The van der Waals surface area contributed by atoms with Crippen LogP contribution in [0.3, 0.4) is 0 Å². The number of hydrogen-bond donors (Lipinski definition) is 1. The summed E-state index contributed by atoms with van der Waals surface area (Å²) in [6, 6.07) is 18.4. The van der Waals surface area contributed by atoms with Crippen LogP contribution in [0.1, 0.15) is 22.9 Å². The molecule has 1 atom stereocenters. The van der Waals surface area contributed by atoms with Crippen LogP contribution < -0.4 is 0 Å². The fourth-order valence-electron chi connectivity index (χ4n) is 4.06. The van der Waals surface area contributed by atoms with Crippen LogP contribution in [0.15, 0.2) is 60.8 Å². The van der Waals surface area contributed by atoms with Crippen LogP contribution in [0, 0.1) is 0 Å². The number of aromatic nitrogens is 2. The van der Waals surface area contributed by atoms with Crippen LogP contribution in [0.4, 0.5) is 0 Å². The third-order valence-electron chi connectivity index (χ3n) is 5.17. The molecule has 2 aromatic heterocycles. The van der Waals surface area contributed by atoms with Crippen molar-refractivity contribution in [3.05, 3.63) is 77.6 Å². The van der Waals surface area contributed by atoms with E-state index in [0.717, 1.165) is 40.5 Å². The number of pyridine rings is 1. The molecule has 25 heavy (non-hydrogen) atoms. The van der Waals surface area contributed by atoms with E-state index in [4.69, 9.17) is 0 Å². The number of nitrogens with one attached hydrogen (secondary N) is 1. The predicted molar refractivity (Wildman–Crippen MR) is 98.4 cm³/mol. The molecule has 4 heteroatoms. The molecule has 1 aliphatic rings. The SMILES string of the molecule is O=CN1CCc2c([nH]c3ccccc23)[C@H]1c1cccc2cccnc12. The summed E-state index contributed by atoms with van der Waals surface area (Å²) < 4.78 is 0. The summed E-state index contributed by atoms with van der Waals surface area (Å²) in [6.45, 7) is 0.715. The molecule has 3 heterocycles. The van der Waals surface area contributed by atoms with E-state index in [0.29, 0.717) is 6.54 Å². The Bertz CT molecular complexity index is 1090. The molecule has 1 aliphatic heterocycles. The molecular formula is C21H17N3O. The molecule has 0 unspecified atom stereocenters. The maximum atomic E-state index is 11.8. The number of nitrogens with zero attached hydrogens (tertiary/aromatic N) is 2. The largest absolute Gasteiger partial charge is 0.356 e. The van der Waals surface area contributed by atoms with Crippen LogP contribution in [-0.4, -0.2) is 27.8 Å². The van der Waals surface area contributed by atoms with Gasteiger partial charge in [-0.1, -0.05) is 42.5 Å². The lowest BCUT2D eigenvalue weighted by atomic mass is 9.91. The van der Waals surface area contributed by atoms with Gasteiger partial charge in [0, 0.05) is 40.3 Å². The van der Waals surface area contributed by atoms with Crippen molar-refractivity contribution < 1.29 is 4.79 Å². The maximum absolute atomic E-state index is 11.8. The van der Waals surface area contributed by atoms with E-state index in [2.05, 4.69) is 46.4 Å². The minimum absolute atomic E-state index is 0.132. The van der Waals surface area contributed by atoms with E-state index in [1.54, 1.807) is 0 Å². The van der Waals surface area contributed by atoms with Gasteiger partial charge in [-0.05, 0) is 24.1 Å². The zero-order valence-corrected chi connectivity index (χ0v) is 13.6. The van der Waals surface area contributed by atoms with E-state index in [1.165, 1.54) is 10.9 Å². The second-order valence-electron chi connectivity index (χ2n) is 6.48. The minimum Gasteiger partial charge on any atom is -0.356 e. The van der Waals surface area contributed by atoms with Crippen molar-refractivity contribution in [2.75, 3.05) is 6.54 Å². The van der Waals surface area contributed by atoms with Gasteiger partial charge in [-0.2, -0.15) is 0 Å². The van der Waals surface area contributed by atoms with Crippen molar-refractivity contribution in [2.45, 2.75) is 12.5 Å². The van der Waals surface area contributed by atoms with Crippen molar-refractivity contribution in [3.63, 3.8) is 0 Å². The van der Waals surface area contributed by atoms with E-state index >= 15 is 0 Å². The number of carbonyl (C=O) groups is 1. The summed E-state index contributed by atoms with van der Waals surface area (Å²) in [4.78, 5) is 21.8. The van der Waals surface area contributed by atoms with Crippen molar-refractivity contribution in [2.24, 2.45) is 0 Å². The molecule has 0 spiro atoms. The zero-order valence-electron chi connectivity index (χ0n) is 13.6. The maximum Gasteiger partial charge on any atom is 0.210 e. The highest BCUT2D eigenvalue weighted by atomic mass is 16.1. The fraction of sp³-hybridized carbons (Fsp3) is 0.143. The third-order valence-corrected chi connectivity index (χ3v) is 5.17. The molecule has 0 saturated carbocycles. The van der Waals surface area contributed by atoms with Crippen molar-refractivity contribution >= 4 is 28.2 Å². The first-order valence-electron chi connectivity index (χ1n) is 8.51. The van der Waals surface area contributed by atoms with Gasteiger partial charge in [-0.25, -0.2) is 0 Å². The van der Waals surface area contributed by atoms with Gasteiger partial charge in [0.1, 0.15) is 0 Å². The summed E-state index contributed by atoms with van der Waals surface area (Å²) in [7, 11) is 0. The fourth-order valence-corrected chi connectivity index (χ4v) is 4.06. The number of para-hydroxylation sites is 2. The van der Waals surface area contributed by atoms with Gasteiger partial charge in [0.2, 0.25) is 6.41 Å². The van der Waals surface area contributed by atoms with E-state index in [1.807, 2.05) is 29.3 Å². The Morgan fingerprint density at radius 3 is 2.88 bits per heavy atom. The highest BCUT2D eigenvalue weighted by molar-refractivity contribution is 5.87. The second-order valence-corrected chi connectivity index (χ2v) is 6.48. The highest BCUT2D eigenvalue weighted by Crippen LogP contribution is 2.39. The first kappa shape index (κ1) is 14.2. The van der Waals surface area contributed by atoms with Crippen molar-refractivity contribution in [3.8, 4) is 0 Å². The number of H-pyrrole nitrogens is 1. The standard InChI is InChI=1S/C21H17N3O/c25-13-24-12-10-16-15-7-1-2-9-18(15)23-20(16)21(24)17-8-3-5-14-6-4-11-22-19(14)17/h1-9,11,13,21,23H,10,12H2/t21-/m1/s1.